The summed E-state index contributed by atoms with van der Waals surface area (Å²) >= 11 is 0. The fourth-order valence-corrected chi connectivity index (χ4v) is 2.69. The van der Waals surface area contributed by atoms with Gasteiger partial charge in [-0.3, -0.25) is 0 Å². The monoisotopic (exact) mass is 348 g/mol. The number of aromatic nitrogens is 1. The molecule has 0 radical (unpaired) electrons. The fourth-order valence-electron chi connectivity index (χ4n) is 2.69. The van der Waals surface area contributed by atoms with Crippen LogP contribution >= 0.6 is 0 Å². The highest BCUT2D eigenvalue weighted by Crippen LogP contribution is 2.29. The van der Waals surface area contributed by atoms with Gasteiger partial charge in [0.2, 0.25) is 5.90 Å². The van der Waals surface area contributed by atoms with Gasteiger partial charge >= 0.3 is 5.97 Å². The van der Waals surface area contributed by atoms with Gasteiger partial charge in [0.05, 0.1) is 0 Å². The third kappa shape index (κ3) is 2.93. The van der Waals surface area contributed by atoms with Gasteiger partial charge in [-0.2, -0.15) is 0 Å². The molecule has 1 aliphatic heterocycles. The van der Waals surface area contributed by atoms with Crippen LogP contribution in [0, 0.1) is 12.7 Å². The van der Waals surface area contributed by atoms with Crippen LogP contribution in [0.25, 0.3) is 17.3 Å². The Labute approximate surface area is 148 Å². The number of carbonyl (C=O) groups is 1. The summed E-state index contributed by atoms with van der Waals surface area (Å²) in [7, 11) is 0. The number of hydrogen-bond acceptors (Lipinski definition) is 5. The molecule has 0 aliphatic carbocycles. The normalized spacial score (nSPS) is 15.2. The molecule has 1 aliphatic rings. The molecule has 128 valence electrons. The number of rotatable bonds is 3. The molecule has 26 heavy (non-hydrogen) atoms. The van der Waals surface area contributed by atoms with E-state index in [1.165, 1.54) is 18.2 Å². The van der Waals surface area contributed by atoms with Gasteiger partial charge in [-0.25, -0.2) is 14.2 Å². The van der Waals surface area contributed by atoms with E-state index in [9.17, 15) is 9.18 Å². The maximum absolute atomic E-state index is 13.3. The molecule has 0 N–H and O–H groups in total. The van der Waals surface area contributed by atoms with Crippen LogP contribution in [0.15, 0.2) is 69.8 Å². The molecular weight excluding hydrogens is 335 g/mol. The molecule has 0 saturated carbocycles. The Bertz CT molecular complexity index is 1050. The van der Waals surface area contributed by atoms with Crippen molar-refractivity contribution in [2.24, 2.45) is 4.99 Å². The third-order valence-electron chi connectivity index (χ3n) is 3.90. The molecule has 1 aromatic heterocycles. The number of ether oxygens (including phenoxy) is 1. The van der Waals surface area contributed by atoms with Crippen molar-refractivity contribution < 1.29 is 18.4 Å². The summed E-state index contributed by atoms with van der Waals surface area (Å²) in [6, 6.07) is 15.3. The fraction of sp³-hybridized carbons (Fsp3) is 0.0500. The minimum absolute atomic E-state index is 0.0882. The molecule has 0 fully saturated rings. The highest BCUT2D eigenvalue weighted by Gasteiger charge is 2.30. The van der Waals surface area contributed by atoms with Crippen LogP contribution in [0.4, 0.5) is 4.39 Å². The molecule has 0 spiro atoms. The summed E-state index contributed by atoms with van der Waals surface area (Å²) in [5.74, 6) is -0.391. The average molecular weight is 348 g/mol. The lowest BCUT2D eigenvalue weighted by molar-refractivity contribution is -0.129. The van der Waals surface area contributed by atoms with Crippen molar-refractivity contribution in [1.29, 1.82) is 0 Å². The summed E-state index contributed by atoms with van der Waals surface area (Å²) in [4.78, 5) is 16.4. The summed E-state index contributed by atoms with van der Waals surface area (Å²) in [6.07, 6.45) is 1.48. The number of esters is 1. The second-order valence-corrected chi connectivity index (χ2v) is 5.72. The summed E-state index contributed by atoms with van der Waals surface area (Å²) in [5.41, 5.74) is 2.49. The number of benzene rings is 2. The van der Waals surface area contributed by atoms with Crippen molar-refractivity contribution in [1.82, 2.24) is 5.16 Å². The largest absolute Gasteiger partial charge is 0.402 e. The van der Waals surface area contributed by atoms with Crippen LogP contribution in [0.1, 0.15) is 16.9 Å². The third-order valence-corrected chi connectivity index (χ3v) is 3.90. The van der Waals surface area contributed by atoms with Crippen LogP contribution in [0.3, 0.4) is 0 Å². The smallest absolute Gasteiger partial charge is 0.363 e. The van der Waals surface area contributed by atoms with E-state index in [-0.39, 0.29) is 11.6 Å². The molecular formula is C20H13FN2O3. The van der Waals surface area contributed by atoms with Crippen LogP contribution in [0.5, 0.6) is 0 Å². The molecule has 2 aromatic carbocycles. The van der Waals surface area contributed by atoms with Crippen LogP contribution in [0.2, 0.25) is 0 Å². The summed E-state index contributed by atoms with van der Waals surface area (Å²) < 4.78 is 23.9. The number of nitrogens with zero attached hydrogens (tertiary/aromatic N) is 2. The number of carbonyl (C=O) groups excluding carboxylic acids is 1. The minimum Gasteiger partial charge on any atom is -0.402 e. The van der Waals surface area contributed by atoms with E-state index in [0.717, 1.165) is 5.56 Å². The van der Waals surface area contributed by atoms with Crippen molar-refractivity contribution in [3.8, 4) is 11.3 Å². The maximum atomic E-state index is 13.3. The first-order valence-corrected chi connectivity index (χ1v) is 7.92. The SMILES string of the molecule is Cc1onc(-c2ccccc2)c1C1=N/C(=C\c2cccc(F)c2)C(=O)O1. The molecule has 5 nitrogen and oxygen atoms in total. The Hall–Kier alpha value is -3.54. The lowest BCUT2D eigenvalue weighted by Gasteiger charge is -2.01. The molecule has 6 heteroatoms. The predicted octanol–water partition coefficient (Wildman–Crippen LogP) is 4.13. The number of halogens is 1. The Morgan fingerprint density at radius 1 is 1.08 bits per heavy atom. The Morgan fingerprint density at radius 3 is 2.65 bits per heavy atom. The van der Waals surface area contributed by atoms with E-state index in [2.05, 4.69) is 10.1 Å². The molecule has 0 atom stereocenters. The van der Waals surface area contributed by atoms with E-state index < -0.39 is 11.8 Å². The lowest BCUT2D eigenvalue weighted by atomic mass is 10.1. The first kappa shape index (κ1) is 16.0. The van der Waals surface area contributed by atoms with E-state index in [1.54, 1.807) is 19.1 Å². The number of aliphatic imine (C=N–C) groups is 1. The first-order valence-electron chi connectivity index (χ1n) is 7.92. The Balaban J connectivity index is 1.76. The number of hydrogen-bond donors (Lipinski definition) is 0. The van der Waals surface area contributed by atoms with Gasteiger partial charge in [0.1, 0.15) is 22.8 Å². The molecule has 0 saturated heterocycles. The van der Waals surface area contributed by atoms with Gasteiger partial charge in [-0.05, 0) is 30.7 Å². The Kier molecular flexibility index (Phi) is 3.93. The van der Waals surface area contributed by atoms with E-state index in [0.29, 0.717) is 22.6 Å². The van der Waals surface area contributed by atoms with E-state index in [1.807, 2.05) is 30.3 Å². The van der Waals surface area contributed by atoms with Crippen LogP contribution in [-0.2, 0) is 9.53 Å². The zero-order valence-electron chi connectivity index (χ0n) is 13.8. The van der Waals surface area contributed by atoms with E-state index in [4.69, 9.17) is 9.26 Å². The second kappa shape index (κ2) is 6.40. The zero-order valence-corrected chi connectivity index (χ0v) is 13.8. The van der Waals surface area contributed by atoms with Gasteiger partial charge < -0.3 is 9.26 Å². The quantitative estimate of drug-likeness (QED) is 0.527. The molecule has 2 heterocycles. The highest BCUT2D eigenvalue weighted by atomic mass is 19.1. The molecule has 0 bridgehead atoms. The number of cyclic esters (lactones) is 1. The molecule has 4 rings (SSSR count). The van der Waals surface area contributed by atoms with Crippen LogP contribution < -0.4 is 0 Å². The van der Waals surface area contributed by atoms with Crippen LogP contribution in [-0.4, -0.2) is 17.0 Å². The topological polar surface area (TPSA) is 64.7 Å². The van der Waals surface area contributed by atoms with E-state index >= 15 is 0 Å². The average Bonchev–Trinajstić information content (AvgIpc) is 3.18. The van der Waals surface area contributed by atoms with Gasteiger partial charge in [0.15, 0.2) is 5.70 Å². The molecule has 3 aromatic rings. The van der Waals surface area contributed by atoms with Crippen molar-refractivity contribution in [2.45, 2.75) is 6.92 Å². The summed E-state index contributed by atoms with van der Waals surface area (Å²) in [5, 5.41) is 4.06. The van der Waals surface area contributed by atoms with Crippen molar-refractivity contribution in [3.63, 3.8) is 0 Å². The second-order valence-electron chi connectivity index (χ2n) is 5.72. The van der Waals surface area contributed by atoms with Gasteiger partial charge in [0, 0.05) is 5.56 Å². The minimum atomic E-state index is -0.608. The zero-order chi connectivity index (χ0) is 18.1. The predicted molar refractivity (Wildman–Crippen MR) is 93.7 cm³/mol. The lowest BCUT2D eigenvalue weighted by Crippen LogP contribution is -2.07. The molecule has 0 amide bonds. The Morgan fingerprint density at radius 2 is 1.88 bits per heavy atom. The summed E-state index contributed by atoms with van der Waals surface area (Å²) in [6.45, 7) is 1.72. The number of aryl methyl sites for hydroxylation is 1. The molecule has 0 unspecified atom stereocenters. The van der Waals surface area contributed by atoms with Gasteiger partial charge in [-0.1, -0.05) is 47.6 Å². The van der Waals surface area contributed by atoms with Crippen molar-refractivity contribution in [3.05, 3.63) is 83.0 Å². The highest BCUT2D eigenvalue weighted by molar-refractivity contribution is 6.15. The van der Waals surface area contributed by atoms with Gasteiger partial charge in [0.25, 0.3) is 0 Å². The maximum Gasteiger partial charge on any atom is 0.363 e. The first-order chi connectivity index (χ1) is 12.6. The standard InChI is InChI=1S/C20H13FN2O3/c1-12-17(18(23-26-12)14-7-3-2-4-8-14)19-22-16(20(24)25-19)11-13-6-5-9-15(21)10-13/h2-11H,1H3/b16-11-. The van der Waals surface area contributed by atoms with Crippen molar-refractivity contribution in [2.75, 3.05) is 0 Å². The van der Waals surface area contributed by atoms with Gasteiger partial charge in [-0.15, -0.1) is 0 Å². The van der Waals surface area contributed by atoms with Crippen molar-refractivity contribution >= 4 is 17.9 Å².